The Morgan fingerprint density at radius 3 is 2.00 bits per heavy atom. The summed E-state index contributed by atoms with van der Waals surface area (Å²) in [5, 5.41) is 18.8. The molecule has 0 saturated heterocycles. The van der Waals surface area contributed by atoms with Crippen LogP contribution in [0.3, 0.4) is 0 Å². The van der Waals surface area contributed by atoms with Gasteiger partial charge in [-0.25, -0.2) is 0 Å². The number of benzene rings is 1. The van der Waals surface area contributed by atoms with Gasteiger partial charge >= 0.3 is 0 Å². The van der Waals surface area contributed by atoms with Gasteiger partial charge in [-0.3, -0.25) is 0 Å². The zero-order valence-corrected chi connectivity index (χ0v) is 11.6. The molecule has 0 unspecified atom stereocenters. The van der Waals surface area contributed by atoms with Crippen molar-refractivity contribution in [3.63, 3.8) is 0 Å². The molecule has 0 radical (unpaired) electrons. The third kappa shape index (κ3) is 3.35. The van der Waals surface area contributed by atoms with Gasteiger partial charge in [-0.05, 0) is 42.7 Å². The lowest BCUT2D eigenvalue weighted by atomic mass is 9.79. The van der Waals surface area contributed by atoms with E-state index >= 15 is 0 Å². The molecule has 0 aliphatic rings. The quantitative estimate of drug-likeness (QED) is 0.781. The minimum Gasteiger partial charge on any atom is -0.508 e. The lowest BCUT2D eigenvalue weighted by Crippen LogP contribution is -2.33. The van der Waals surface area contributed by atoms with E-state index < -0.39 is 0 Å². The molecule has 0 saturated carbocycles. The van der Waals surface area contributed by atoms with Crippen LogP contribution < -0.4 is 5.73 Å². The molecule has 1 rings (SSSR count). The first kappa shape index (κ1) is 16.2. The van der Waals surface area contributed by atoms with Crippen LogP contribution in [0, 0.1) is 19.3 Å². The molecule has 0 aliphatic heterocycles. The molecule has 0 aliphatic carbocycles. The van der Waals surface area contributed by atoms with Gasteiger partial charge in [-0.2, -0.15) is 0 Å². The minimum atomic E-state index is -0.369. The van der Waals surface area contributed by atoms with Gasteiger partial charge < -0.3 is 15.9 Å². The highest BCUT2D eigenvalue weighted by molar-refractivity contribution is 5.85. The van der Waals surface area contributed by atoms with Crippen molar-refractivity contribution in [3.8, 4) is 5.75 Å². The SMILES string of the molecule is Cc1cc(O)cc(C)c1[C@@H](N)C(C)(C)CO.Cl. The van der Waals surface area contributed by atoms with Crippen molar-refractivity contribution in [1.29, 1.82) is 0 Å². The first-order valence-corrected chi connectivity index (χ1v) is 5.46. The standard InChI is InChI=1S/C13H21NO2.ClH/c1-8-5-10(16)6-9(2)11(8)12(14)13(3,4)7-15;/h5-6,12,15-16H,7,14H2,1-4H3;1H/t12-;/m1./s1. The average molecular weight is 260 g/mol. The molecular formula is C13H22ClNO2. The smallest absolute Gasteiger partial charge is 0.116 e. The second kappa shape index (κ2) is 5.71. The lowest BCUT2D eigenvalue weighted by molar-refractivity contribution is 0.132. The van der Waals surface area contributed by atoms with Crippen LogP contribution >= 0.6 is 12.4 Å². The zero-order chi connectivity index (χ0) is 12.5. The van der Waals surface area contributed by atoms with E-state index in [4.69, 9.17) is 5.73 Å². The molecule has 0 bridgehead atoms. The largest absolute Gasteiger partial charge is 0.508 e. The highest BCUT2D eigenvalue weighted by Gasteiger charge is 2.29. The van der Waals surface area contributed by atoms with Gasteiger partial charge in [-0.15, -0.1) is 12.4 Å². The summed E-state index contributed by atoms with van der Waals surface area (Å²) >= 11 is 0. The predicted molar refractivity (Wildman–Crippen MR) is 72.6 cm³/mol. The van der Waals surface area contributed by atoms with E-state index in [-0.39, 0.29) is 36.2 Å². The van der Waals surface area contributed by atoms with Crippen LogP contribution in [0.4, 0.5) is 0 Å². The number of phenols is 1. The Bertz CT molecular complexity index is 368. The zero-order valence-electron chi connectivity index (χ0n) is 10.8. The van der Waals surface area contributed by atoms with Gasteiger partial charge in [0.25, 0.3) is 0 Å². The van der Waals surface area contributed by atoms with Gasteiger partial charge in [0.2, 0.25) is 0 Å². The molecule has 1 aromatic rings. The summed E-state index contributed by atoms with van der Waals surface area (Å²) in [6, 6.07) is 3.17. The highest BCUT2D eigenvalue weighted by atomic mass is 35.5. The molecule has 4 N–H and O–H groups in total. The number of aromatic hydroxyl groups is 1. The topological polar surface area (TPSA) is 66.5 Å². The van der Waals surface area contributed by atoms with E-state index in [1.165, 1.54) is 0 Å². The third-order valence-corrected chi connectivity index (χ3v) is 3.14. The Morgan fingerprint density at radius 2 is 1.65 bits per heavy atom. The van der Waals surface area contributed by atoms with Crippen LogP contribution in [0.25, 0.3) is 0 Å². The van der Waals surface area contributed by atoms with Gasteiger partial charge in [0.15, 0.2) is 0 Å². The molecular weight excluding hydrogens is 238 g/mol. The number of aryl methyl sites for hydroxylation is 2. The molecule has 0 fully saturated rings. The Balaban J connectivity index is 0.00000256. The Kier molecular flexibility index (Phi) is 5.46. The van der Waals surface area contributed by atoms with Gasteiger partial charge in [-0.1, -0.05) is 13.8 Å². The van der Waals surface area contributed by atoms with Crippen molar-refractivity contribution >= 4 is 12.4 Å². The fourth-order valence-corrected chi connectivity index (χ4v) is 1.93. The second-order valence-electron chi connectivity index (χ2n) is 5.12. The van der Waals surface area contributed by atoms with E-state index in [1.54, 1.807) is 12.1 Å². The molecule has 0 aromatic heterocycles. The van der Waals surface area contributed by atoms with E-state index in [0.717, 1.165) is 16.7 Å². The number of aliphatic hydroxyl groups excluding tert-OH is 1. The summed E-state index contributed by atoms with van der Waals surface area (Å²) in [6.45, 7) is 7.76. The number of rotatable bonds is 3. The van der Waals surface area contributed by atoms with Crippen LogP contribution in [0.5, 0.6) is 5.75 Å². The number of aliphatic hydroxyl groups is 1. The second-order valence-corrected chi connectivity index (χ2v) is 5.12. The van der Waals surface area contributed by atoms with Crippen LogP contribution in [-0.4, -0.2) is 16.8 Å². The summed E-state index contributed by atoms with van der Waals surface area (Å²) in [6.07, 6.45) is 0. The van der Waals surface area contributed by atoms with Gasteiger partial charge in [0.05, 0.1) is 0 Å². The van der Waals surface area contributed by atoms with Crippen molar-refractivity contribution in [1.82, 2.24) is 0 Å². The number of hydrogen-bond acceptors (Lipinski definition) is 3. The number of phenolic OH excluding ortho intramolecular Hbond substituents is 1. The highest BCUT2D eigenvalue weighted by Crippen LogP contribution is 2.35. The summed E-state index contributed by atoms with van der Waals surface area (Å²) in [4.78, 5) is 0. The number of hydrogen-bond donors (Lipinski definition) is 3. The maximum Gasteiger partial charge on any atom is 0.116 e. The van der Waals surface area contributed by atoms with Gasteiger partial charge in [0.1, 0.15) is 5.75 Å². The fraction of sp³-hybridized carbons (Fsp3) is 0.538. The fourth-order valence-electron chi connectivity index (χ4n) is 1.93. The minimum absolute atomic E-state index is 0. The summed E-state index contributed by atoms with van der Waals surface area (Å²) in [7, 11) is 0. The summed E-state index contributed by atoms with van der Waals surface area (Å²) in [5.41, 5.74) is 8.76. The molecule has 0 amide bonds. The molecule has 1 aromatic carbocycles. The molecule has 17 heavy (non-hydrogen) atoms. The molecule has 0 spiro atoms. The average Bonchev–Trinajstić information content (AvgIpc) is 2.15. The first-order chi connectivity index (χ1) is 7.29. The lowest BCUT2D eigenvalue weighted by Gasteiger charge is -2.32. The van der Waals surface area contributed by atoms with Crippen molar-refractivity contribution in [2.24, 2.45) is 11.1 Å². The van der Waals surface area contributed by atoms with E-state index in [9.17, 15) is 10.2 Å². The molecule has 0 heterocycles. The van der Waals surface area contributed by atoms with E-state index in [0.29, 0.717) is 0 Å². The summed E-state index contributed by atoms with van der Waals surface area (Å²) in [5.74, 6) is 0.257. The van der Waals surface area contributed by atoms with Crippen molar-refractivity contribution in [3.05, 3.63) is 28.8 Å². The Morgan fingerprint density at radius 1 is 1.24 bits per heavy atom. The van der Waals surface area contributed by atoms with Crippen LogP contribution in [-0.2, 0) is 0 Å². The van der Waals surface area contributed by atoms with Crippen LogP contribution in [0.1, 0.15) is 36.6 Å². The van der Waals surface area contributed by atoms with Crippen molar-refractivity contribution in [2.75, 3.05) is 6.61 Å². The Labute approximate surface area is 109 Å². The maximum atomic E-state index is 9.47. The maximum absolute atomic E-state index is 9.47. The molecule has 3 nitrogen and oxygen atoms in total. The molecule has 4 heteroatoms. The van der Waals surface area contributed by atoms with E-state index in [1.807, 2.05) is 27.7 Å². The van der Waals surface area contributed by atoms with Crippen LogP contribution in [0.15, 0.2) is 12.1 Å². The Hall–Kier alpha value is -0.770. The monoisotopic (exact) mass is 259 g/mol. The number of nitrogens with two attached hydrogens (primary N) is 1. The summed E-state index contributed by atoms with van der Waals surface area (Å²) < 4.78 is 0. The van der Waals surface area contributed by atoms with Crippen molar-refractivity contribution < 1.29 is 10.2 Å². The van der Waals surface area contributed by atoms with Gasteiger partial charge in [0, 0.05) is 18.1 Å². The van der Waals surface area contributed by atoms with E-state index in [2.05, 4.69) is 0 Å². The molecule has 1 atom stereocenters. The number of halogens is 1. The first-order valence-electron chi connectivity index (χ1n) is 5.46. The third-order valence-electron chi connectivity index (χ3n) is 3.14. The normalized spacial score (nSPS) is 13.1. The van der Waals surface area contributed by atoms with Crippen molar-refractivity contribution in [2.45, 2.75) is 33.7 Å². The van der Waals surface area contributed by atoms with Crippen LogP contribution in [0.2, 0.25) is 0 Å². The molecule has 98 valence electrons. The predicted octanol–water partition coefficient (Wildman–Crippen LogP) is 2.45.